The van der Waals surface area contributed by atoms with Gasteiger partial charge in [-0.25, -0.2) is 0 Å². The number of rotatable bonds is 12. The molecule has 11 nitrogen and oxygen atoms in total. The number of nitrogens with zero attached hydrogens (tertiary/aromatic N) is 2. The fourth-order valence-electron chi connectivity index (χ4n) is 5.04. The molecule has 208 valence electrons. The van der Waals surface area contributed by atoms with Gasteiger partial charge in [-0.05, 0) is 37.2 Å². The topological polar surface area (TPSA) is 154 Å². The number of carbonyl (C=O) groups excluding carboxylic acids is 5. The van der Waals surface area contributed by atoms with Gasteiger partial charge in [0.05, 0.1) is 19.1 Å². The highest BCUT2D eigenvalue weighted by molar-refractivity contribution is 5.92. The minimum Gasteiger partial charge on any atom is -0.346 e. The normalized spacial score (nSPS) is 17.8. The molecule has 1 aromatic rings. The molecule has 5 N–H and O–H groups in total. The van der Waals surface area contributed by atoms with Crippen LogP contribution in [0.1, 0.15) is 38.7 Å². The summed E-state index contributed by atoms with van der Waals surface area (Å²) in [5, 5.41) is 7.85. The maximum absolute atomic E-state index is 12.8. The zero-order chi connectivity index (χ0) is 27.7. The van der Waals surface area contributed by atoms with Crippen molar-refractivity contribution in [1.29, 1.82) is 0 Å². The molecule has 0 saturated carbocycles. The van der Waals surface area contributed by atoms with Gasteiger partial charge in [0, 0.05) is 31.6 Å². The molecule has 2 heterocycles. The van der Waals surface area contributed by atoms with E-state index in [-0.39, 0.29) is 30.3 Å². The molecule has 1 aromatic carbocycles. The summed E-state index contributed by atoms with van der Waals surface area (Å²) in [5.74, 6) is -1.47. The molecule has 2 unspecified atom stereocenters. The van der Waals surface area contributed by atoms with Gasteiger partial charge in [-0.2, -0.15) is 0 Å². The second kappa shape index (κ2) is 13.4. The zero-order valence-corrected chi connectivity index (χ0v) is 22.3. The van der Waals surface area contributed by atoms with Crippen LogP contribution in [0.15, 0.2) is 30.3 Å². The molecule has 1 spiro atoms. The molecule has 2 atom stereocenters. The van der Waals surface area contributed by atoms with Crippen LogP contribution in [0.25, 0.3) is 0 Å². The second-order valence-electron chi connectivity index (χ2n) is 10.9. The average molecular weight is 529 g/mol. The third kappa shape index (κ3) is 8.27. The number of nitrogens with one attached hydrogen (secondary N) is 3. The van der Waals surface area contributed by atoms with Crippen LogP contribution in [0.3, 0.4) is 0 Å². The van der Waals surface area contributed by atoms with Gasteiger partial charge in [0.2, 0.25) is 30.0 Å². The van der Waals surface area contributed by atoms with Crippen LogP contribution in [0.4, 0.5) is 0 Å². The lowest BCUT2D eigenvalue weighted by Gasteiger charge is -2.52. The monoisotopic (exact) mass is 528 g/mol. The zero-order valence-electron chi connectivity index (χ0n) is 22.3. The maximum Gasteiger partial charge on any atom is 0.243 e. The second-order valence-corrected chi connectivity index (χ2v) is 10.9. The first kappa shape index (κ1) is 29.1. The van der Waals surface area contributed by atoms with Gasteiger partial charge in [0.15, 0.2) is 0 Å². The van der Waals surface area contributed by atoms with E-state index < -0.39 is 29.8 Å². The van der Waals surface area contributed by atoms with Crippen molar-refractivity contribution in [1.82, 2.24) is 25.8 Å². The van der Waals surface area contributed by atoms with Gasteiger partial charge in [-0.3, -0.25) is 24.0 Å². The fourth-order valence-corrected chi connectivity index (χ4v) is 5.04. The molecule has 38 heavy (non-hydrogen) atoms. The van der Waals surface area contributed by atoms with Gasteiger partial charge in [-0.1, -0.05) is 44.2 Å². The fraction of sp³-hybridized carbons (Fsp3) is 0.593. The van der Waals surface area contributed by atoms with E-state index in [1.54, 1.807) is 9.80 Å². The summed E-state index contributed by atoms with van der Waals surface area (Å²) >= 11 is 0. The number of carbonyl (C=O) groups is 5. The Bertz CT molecular complexity index is 985. The van der Waals surface area contributed by atoms with E-state index >= 15 is 0 Å². The quantitative estimate of drug-likeness (QED) is 0.266. The number of piperidine rings is 1. The average Bonchev–Trinajstić information content (AvgIpc) is 2.88. The van der Waals surface area contributed by atoms with E-state index in [0.717, 1.165) is 37.9 Å². The first-order valence-corrected chi connectivity index (χ1v) is 13.2. The number of amides is 5. The molecule has 0 radical (unpaired) electrons. The number of nitrogens with two attached hydrogens (primary N) is 1. The lowest BCUT2D eigenvalue weighted by Crippen LogP contribution is -2.60. The van der Waals surface area contributed by atoms with Crippen molar-refractivity contribution in [3.05, 3.63) is 35.9 Å². The standard InChI is InChI=1S/C27H40N6O5/c1-19(2)12-22(31-23(35)14-29-25(37)21(28)13-20-6-4-3-5-7-20)26(38)30-15-24(36)33-10-8-27(9-11-33)16-32(17-27)18-34/h3-7,18-19,21-22H,8-17,28H2,1-2H3,(H,29,37)(H,30,38)(H,31,35). The van der Waals surface area contributed by atoms with Crippen molar-refractivity contribution in [3.8, 4) is 0 Å². The Morgan fingerprint density at radius 2 is 1.63 bits per heavy atom. The van der Waals surface area contributed by atoms with Crippen molar-refractivity contribution in [2.45, 2.75) is 51.6 Å². The van der Waals surface area contributed by atoms with Crippen LogP contribution in [-0.2, 0) is 30.4 Å². The first-order chi connectivity index (χ1) is 18.1. The number of hydrogen-bond acceptors (Lipinski definition) is 6. The minimum atomic E-state index is -0.834. The summed E-state index contributed by atoms with van der Waals surface area (Å²) in [6.45, 7) is 6.08. The summed E-state index contributed by atoms with van der Waals surface area (Å²) in [5.41, 5.74) is 6.99. The highest BCUT2D eigenvalue weighted by Gasteiger charge is 2.45. The smallest absolute Gasteiger partial charge is 0.243 e. The highest BCUT2D eigenvalue weighted by Crippen LogP contribution is 2.39. The molecular formula is C27H40N6O5. The molecule has 5 amide bonds. The molecular weight excluding hydrogens is 488 g/mol. The number of likely N-dealkylation sites (tertiary alicyclic amines) is 2. The molecule has 2 saturated heterocycles. The van der Waals surface area contributed by atoms with Crippen molar-refractivity contribution in [3.63, 3.8) is 0 Å². The highest BCUT2D eigenvalue weighted by atomic mass is 16.2. The van der Waals surface area contributed by atoms with E-state index in [4.69, 9.17) is 5.73 Å². The Morgan fingerprint density at radius 1 is 1.00 bits per heavy atom. The van der Waals surface area contributed by atoms with Gasteiger partial charge in [-0.15, -0.1) is 0 Å². The summed E-state index contributed by atoms with van der Waals surface area (Å²) in [6.07, 6.45) is 3.26. The summed E-state index contributed by atoms with van der Waals surface area (Å²) in [6, 6.07) is 7.71. The molecule has 3 rings (SSSR count). The number of hydrogen-bond donors (Lipinski definition) is 4. The van der Waals surface area contributed by atoms with Gasteiger partial charge < -0.3 is 31.5 Å². The predicted octanol–water partition coefficient (Wildman–Crippen LogP) is -0.599. The minimum absolute atomic E-state index is 0.113. The molecule has 0 aromatic heterocycles. The van der Waals surface area contributed by atoms with Crippen LogP contribution in [0.2, 0.25) is 0 Å². The molecule has 0 bridgehead atoms. The Kier molecular flexibility index (Phi) is 10.2. The first-order valence-electron chi connectivity index (χ1n) is 13.2. The molecule has 11 heteroatoms. The van der Waals surface area contributed by atoms with E-state index in [1.165, 1.54) is 0 Å². The Labute approximate surface area is 223 Å². The van der Waals surface area contributed by atoms with Crippen molar-refractivity contribution >= 4 is 30.0 Å². The molecule has 0 aliphatic carbocycles. The SMILES string of the molecule is CC(C)CC(NC(=O)CNC(=O)C(N)Cc1ccccc1)C(=O)NCC(=O)N1CCC2(CC1)CN(C=O)C2. The third-order valence-corrected chi connectivity index (χ3v) is 7.23. The van der Waals surface area contributed by atoms with E-state index in [0.29, 0.717) is 25.9 Å². The van der Waals surface area contributed by atoms with E-state index in [2.05, 4.69) is 16.0 Å². The van der Waals surface area contributed by atoms with Gasteiger partial charge in [0.25, 0.3) is 0 Å². The van der Waals surface area contributed by atoms with Gasteiger partial charge in [0.1, 0.15) is 6.04 Å². The van der Waals surface area contributed by atoms with Crippen molar-refractivity contribution in [2.75, 3.05) is 39.3 Å². The Balaban J connectivity index is 1.41. The van der Waals surface area contributed by atoms with Crippen LogP contribution in [0.5, 0.6) is 0 Å². The lowest BCUT2D eigenvalue weighted by molar-refractivity contribution is -0.141. The van der Waals surface area contributed by atoms with Crippen LogP contribution < -0.4 is 21.7 Å². The summed E-state index contributed by atoms with van der Waals surface area (Å²) < 4.78 is 0. The summed E-state index contributed by atoms with van der Waals surface area (Å²) in [4.78, 5) is 64.7. The Morgan fingerprint density at radius 3 is 2.24 bits per heavy atom. The van der Waals surface area contributed by atoms with Crippen LogP contribution >= 0.6 is 0 Å². The van der Waals surface area contributed by atoms with Crippen LogP contribution in [-0.4, -0.2) is 91.2 Å². The summed E-state index contributed by atoms with van der Waals surface area (Å²) in [7, 11) is 0. The third-order valence-electron chi connectivity index (χ3n) is 7.23. The molecule has 2 aliphatic heterocycles. The lowest BCUT2D eigenvalue weighted by atomic mass is 9.72. The van der Waals surface area contributed by atoms with Crippen LogP contribution in [0, 0.1) is 11.3 Å². The molecule has 2 aliphatic rings. The Hall–Kier alpha value is -3.47. The maximum atomic E-state index is 12.8. The molecule has 2 fully saturated rings. The van der Waals surface area contributed by atoms with E-state index in [1.807, 2.05) is 44.2 Å². The van der Waals surface area contributed by atoms with E-state index in [9.17, 15) is 24.0 Å². The van der Waals surface area contributed by atoms with Crippen molar-refractivity contribution < 1.29 is 24.0 Å². The number of benzene rings is 1. The predicted molar refractivity (Wildman–Crippen MR) is 141 cm³/mol. The largest absolute Gasteiger partial charge is 0.346 e. The van der Waals surface area contributed by atoms with Crippen molar-refractivity contribution in [2.24, 2.45) is 17.1 Å². The van der Waals surface area contributed by atoms with Gasteiger partial charge >= 0.3 is 0 Å².